The third kappa shape index (κ3) is 2.26. The summed E-state index contributed by atoms with van der Waals surface area (Å²) in [5.41, 5.74) is 0. The molecule has 0 aromatic carbocycles. The highest BCUT2D eigenvalue weighted by Gasteiger charge is 2.34. The van der Waals surface area contributed by atoms with Gasteiger partial charge < -0.3 is 15.5 Å². The maximum atomic E-state index is 11.9. The lowest BCUT2D eigenvalue weighted by molar-refractivity contribution is -0.131. The van der Waals surface area contributed by atoms with E-state index in [9.17, 15) is 9.59 Å². The van der Waals surface area contributed by atoms with Crippen molar-refractivity contribution in [2.75, 3.05) is 25.9 Å². The Labute approximate surface area is 93.0 Å². The van der Waals surface area contributed by atoms with E-state index in [1.807, 2.05) is 11.9 Å². The molecule has 0 aliphatic carbocycles. The molecule has 0 bridgehead atoms. The first-order valence-corrected chi connectivity index (χ1v) is 6.08. The fraction of sp³-hybridized carbons (Fsp3) is 0.778. The second-order valence-electron chi connectivity index (χ2n) is 3.85. The minimum Gasteiger partial charge on any atom is -0.339 e. The molecule has 6 heteroatoms. The molecule has 2 fully saturated rings. The maximum Gasteiger partial charge on any atom is 0.279 e. The van der Waals surface area contributed by atoms with Gasteiger partial charge in [-0.1, -0.05) is 11.8 Å². The van der Waals surface area contributed by atoms with E-state index in [1.54, 1.807) is 0 Å². The molecular weight excluding hydrogens is 214 g/mol. The first-order valence-electron chi connectivity index (χ1n) is 5.10. The van der Waals surface area contributed by atoms with Gasteiger partial charge >= 0.3 is 0 Å². The molecule has 2 unspecified atom stereocenters. The highest BCUT2D eigenvalue weighted by Crippen LogP contribution is 2.17. The van der Waals surface area contributed by atoms with Crippen molar-refractivity contribution < 1.29 is 9.59 Å². The standard InChI is InChI=1S/C9H15N3O2S/c1-10-6-2-3-12(4-6)8(13)7-5-15-9(14)11-7/h6-7,10H,2-5H2,1H3,(H,11,14). The number of carbonyl (C=O) groups is 2. The Morgan fingerprint density at radius 1 is 1.67 bits per heavy atom. The molecule has 0 spiro atoms. The van der Waals surface area contributed by atoms with E-state index in [0.29, 0.717) is 11.8 Å². The first kappa shape index (κ1) is 10.8. The third-order valence-electron chi connectivity index (χ3n) is 2.88. The molecule has 2 rings (SSSR count). The quantitative estimate of drug-likeness (QED) is 0.678. The summed E-state index contributed by atoms with van der Waals surface area (Å²) in [6, 6.07) is 0.0943. The van der Waals surface area contributed by atoms with E-state index in [1.165, 1.54) is 11.8 Å². The fourth-order valence-electron chi connectivity index (χ4n) is 1.93. The van der Waals surface area contributed by atoms with Crippen molar-refractivity contribution in [1.82, 2.24) is 15.5 Å². The van der Waals surface area contributed by atoms with Crippen LogP contribution >= 0.6 is 11.8 Å². The number of likely N-dealkylation sites (N-methyl/N-ethyl adjacent to an activating group) is 1. The van der Waals surface area contributed by atoms with Crippen LogP contribution in [-0.2, 0) is 4.79 Å². The van der Waals surface area contributed by atoms with Crippen molar-refractivity contribution in [2.45, 2.75) is 18.5 Å². The molecule has 2 aliphatic rings. The van der Waals surface area contributed by atoms with Crippen molar-refractivity contribution >= 4 is 22.9 Å². The lowest BCUT2D eigenvalue weighted by atomic mass is 10.3. The average Bonchev–Trinajstić information content (AvgIpc) is 2.84. The zero-order valence-corrected chi connectivity index (χ0v) is 9.47. The van der Waals surface area contributed by atoms with Crippen LogP contribution in [0.3, 0.4) is 0 Å². The normalized spacial score (nSPS) is 30.7. The second kappa shape index (κ2) is 4.40. The van der Waals surface area contributed by atoms with Crippen LogP contribution in [-0.4, -0.2) is 54.0 Å². The number of likely N-dealkylation sites (tertiary alicyclic amines) is 1. The molecule has 2 amide bonds. The molecule has 0 aromatic heterocycles. The summed E-state index contributed by atoms with van der Waals surface area (Å²) in [4.78, 5) is 24.7. The zero-order chi connectivity index (χ0) is 10.8. The smallest absolute Gasteiger partial charge is 0.279 e. The van der Waals surface area contributed by atoms with E-state index in [0.717, 1.165) is 19.5 Å². The van der Waals surface area contributed by atoms with Crippen LogP contribution in [0.2, 0.25) is 0 Å². The van der Waals surface area contributed by atoms with Gasteiger partial charge in [-0.2, -0.15) is 0 Å². The van der Waals surface area contributed by atoms with Crippen LogP contribution in [0.25, 0.3) is 0 Å². The van der Waals surface area contributed by atoms with Crippen LogP contribution < -0.4 is 10.6 Å². The van der Waals surface area contributed by atoms with Gasteiger partial charge in [0.1, 0.15) is 6.04 Å². The van der Waals surface area contributed by atoms with Gasteiger partial charge in [0.15, 0.2) is 0 Å². The molecule has 0 radical (unpaired) electrons. The number of nitrogens with zero attached hydrogens (tertiary/aromatic N) is 1. The monoisotopic (exact) mass is 229 g/mol. The van der Waals surface area contributed by atoms with Gasteiger partial charge in [-0.15, -0.1) is 0 Å². The first-order chi connectivity index (χ1) is 7.20. The number of hydrogen-bond donors (Lipinski definition) is 2. The van der Waals surface area contributed by atoms with E-state index in [-0.39, 0.29) is 17.2 Å². The van der Waals surface area contributed by atoms with Gasteiger partial charge in [-0.3, -0.25) is 9.59 Å². The Kier molecular flexibility index (Phi) is 3.16. The number of carbonyl (C=O) groups excluding carboxylic acids is 2. The Hall–Kier alpha value is -0.750. The van der Waals surface area contributed by atoms with E-state index < -0.39 is 0 Å². The predicted octanol–water partition coefficient (Wildman–Crippen LogP) is -0.368. The molecule has 2 atom stereocenters. The van der Waals surface area contributed by atoms with Gasteiger partial charge in [0, 0.05) is 24.9 Å². The van der Waals surface area contributed by atoms with Gasteiger partial charge in [0.2, 0.25) is 5.91 Å². The maximum absolute atomic E-state index is 11.9. The minimum atomic E-state index is -0.307. The Morgan fingerprint density at radius 2 is 2.47 bits per heavy atom. The van der Waals surface area contributed by atoms with Gasteiger partial charge in [0.25, 0.3) is 5.24 Å². The summed E-state index contributed by atoms with van der Waals surface area (Å²) < 4.78 is 0. The minimum absolute atomic E-state index is 0.0612. The Balaban J connectivity index is 1.89. The highest BCUT2D eigenvalue weighted by atomic mass is 32.2. The van der Waals surface area contributed by atoms with Gasteiger partial charge in [-0.05, 0) is 13.5 Å². The molecule has 2 aliphatic heterocycles. The summed E-state index contributed by atoms with van der Waals surface area (Å²) in [5, 5.41) is 5.75. The SMILES string of the molecule is CNC1CCN(C(=O)C2CSC(=O)N2)C1. The van der Waals surface area contributed by atoms with E-state index in [4.69, 9.17) is 0 Å². The molecule has 5 nitrogen and oxygen atoms in total. The molecule has 2 saturated heterocycles. The van der Waals surface area contributed by atoms with Crippen molar-refractivity contribution in [2.24, 2.45) is 0 Å². The summed E-state index contributed by atoms with van der Waals surface area (Å²) in [5.74, 6) is 0.629. The van der Waals surface area contributed by atoms with E-state index in [2.05, 4.69) is 10.6 Å². The van der Waals surface area contributed by atoms with Crippen LogP contribution in [0, 0.1) is 0 Å². The van der Waals surface area contributed by atoms with Crippen molar-refractivity contribution in [3.05, 3.63) is 0 Å². The molecule has 0 saturated carbocycles. The zero-order valence-electron chi connectivity index (χ0n) is 8.66. The molecule has 2 N–H and O–H groups in total. The van der Waals surface area contributed by atoms with Gasteiger partial charge in [0.05, 0.1) is 0 Å². The number of nitrogens with one attached hydrogen (secondary N) is 2. The number of hydrogen-bond acceptors (Lipinski definition) is 4. The van der Waals surface area contributed by atoms with Crippen molar-refractivity contribution in [1.29, 1.82) is 0 Å². The van der Waals surface area contributed by atoms with Crippen LogP contribution in [0.1, 0.15) is 6.42 Å². The molecule has 2 heterocycles. The largest absolute Gasteiger partial charge is 0.339 e. The van der Waals surface area contributed by atoms with Gasteiger partial charge in [-0.25, -0.2) is 0 Å². The lowest BCUT2D eigenvalue weighted by Gasteiger charge is -2.19. The van der Waals surface area contributed by atoms with Crippen LogP contribution in [0.15, 0.2) is 0 Å². The number of thioether (sulfide) groups is 1. The van der Waals surface area contributed by atoms with Crippen LogP contribution in [0.4, 0.5) is 4.79 Å². The molecule has 84 valence electrons. The predicted molar refractivity (Wildman–Crippen MR) is 58.8 cm³/mol. The van der Waals surface area contributed by atoms with Crippen molar-refractivity contribution in [3.8, 4) is 0 Å². The second-order valence-corrected chi connectivity index (χ2v) is 4.85. The summed E-state index contributed by atoms with van der Waals surface area (Å²) in [6.45, 7) is 1.55. The third-order valence-corrected chi connectivity index (χ3v) is 3.76. The lowest BCUT2D eigenvalue weighted by Crippen LogP contribution is -2.45. The number of rotatable bonds is 2. The number of amides is 2. The van der Waals surface area contributed by atoms with E-state index >= 15 is 0 Å². The summed E-state index contributed by atoms with van der Waals surface area (Å²) in [6.07, 6.45) is 0.996. The van der Waals surface area contributed by atoms with Crippen molar-refractivity contribution in [3.63, 3.8) is 0 Å². The molecule has 15 heavy (non-hydrogen) atoms. The average molecular weight is 229 g/mol. The van der Waals surface area contributed by atoms with Crippen LogP contribution in [0.5, 0.6) is 0 Å². The molecule has 0 aromatic rings. The summed E-state index contributed by atoms with van der Waals surface area (Å²) >= 11 is 1.19. The Morgan fingerprint density at radius 3 is 3.00 bits per heavy atom. The fourth-order valence-corrected chi connectivity index (χ4v) is 2.70. The summed E-state index contributed by atoms with van der Waals surface area (Å²) in [7, 11) is 1.91. The highest BCUT2D eigenvalue weighted by molar-refractivity contribution is 8.14. The molecular formula is C9H15N3O2S. The Bertz CT molecular complexity index is 285. The topological polar surface area (TPSA) is 61.4 Å².